The molecule has 0 saturated heterocycles. The van der Waals surface area contributed by atoms with E-state index in [-0.39, 0.29) is 6.04 Å². The van der Waals surface area contributed by atoms with Crippen LogP contribution >= 0.6 is 11.3 Å². The van der Waals surface area contributed by atoms with Crippen LogP contribution in [0.4, 0.5) is 0 Å². The molecule has 19 heavy (non-hydrogen) atoms. The predicted molar refractivity (Wildman–Crippen MR) is 77.0 cm³/mol. The van der Waals surface area contributed by atoms with Crippen LogP contribution in [0.15, 0.2) is 36.0 Å². The topological polar surface area (TPSA) is 64.7 Å². The Morgan fingerprint density at radius 2 is 2.11 bits per heavy atom. The maximum atomic E-state index is 6.30. The van der Waals surface area contributed by atoms with Gasteiger partial charge < -0.3 is 5.73 Å². The Balaban J connectivity index is 1.95. The monoisotopic (exact) mass is 270 g/mol. The van der Waals surface area contributed by atoms with E-state index in [2.05, 4.69) is 20.3 Å². The van der Waals surface area contributed by atoms with E-state index in [0.717, 1.165) is 33.7 Å². The Kier molecular flexibility index (Phi) is 3.23. The molecular formula is C14H14N4S. The molecule has 4 nitrogen and oxygen atoms in total. The van der Waals surface area contributed by atoms with Crippen LogP contribution in [0.5, 0.6) is 0 Å². The van der Waals surface area contributed by atoms with Crippen molar-refractivity contribution in [3.05, 3.63) is 52.2 Å². The minimum absolute atomic E-state index is 0.109. The first-order chi connectivity index (χ1) is 9.24. The summed E-state index contributed by atoms with van der Waals surface area (Å²) in [5, 5.41) is 3.13. The molecule has 0 amide bonds. The minimum atomic E-state index is -0.109. The first-order valence-electron chi connectivity index (χ1n) is 6.10. The van der Waals surface area contributed by atoms with Crippen LogP contribution in [0.1, 0.15) is 22.3 Å². The summed E-state index contributed by atoms with van der Waals surface area (Å²) in [7, 11) is 0. The number of aryl methyl sites for hydroxylation is 1. The first kappa shape index (κ1) is 12.2. The number of hydrogen-bond acceptors (Lipinski definition) is 5. The summed E-state index contributed by atoms with van der Waals surface area (Å²) in [4.78, 5) is 13.2. The van der Waals surface area contributed by atoms with Crippen molar-refractivity contribution in [3.8, 4) is 0 Å². The normalized spacial score (nSPS) is 12.7. The molecule has 3 aromatic rings. The fourth-order valence-corrected chi connectivity index (χ4v) is 2.78. The summed E-state index contributed by atoms with van der Waals surface area (Å²) in [6, 6.07) is 5.83. The van der Waals surface area contributed by atoms with Crippen LogP contribution in [0.2, 0.25) is 0 Å². The summed E-state index contributed by atoms with van der Waals surface area (Å²) >= 11 is 1.65. The largest absolute Gasteiger partial charge is 0.324 e. The van der Waals surface area contributed by atoms with Gasteiger partial charge in [0.25, 0.3) is 0 Å². The number of hydrogen-bond donors (Lipinski definition) is 1. The SMILES string of the molecule is Cc1nc(CC(N)c2cccc3nccnc23)cs1. The molecule has 0 bridgehead atoms. The van der Waals surface area contributed by atoms with Gasteiger partial charge in [-0.1, -0.05) is 12.1 Å². The molecule has 0 spiro atoms. The number of thiazole rings is 1. The van der Waals surface area contributed by atoms with Gasteiger partial charge in [0.05, 0.1) is 21.7 Å². The highest BCUT2D eigenvalue weighted by Crippen LogP contribution is 2.23. The smallest absolute Gasteiger partial charge is 0.0934 e. The molecule has 2 heterocycles. The van der Waals surface area contributed by atoms with Crippen molar-refractivity contribution in [1.29, 1.82) is 0 Å². The Morgan fingerprint density at radius 3 is 2.89 bits per heavy atom. The number of fused-ring (bicyclic) bond motifs is 1. The zero-order valence-electron chi connectivity index (χ0n) is 10.6. The predicted octanol–water partition coefficient (Wildman–Crippen LogP) is 2.64. The lowest BCUT2D eigenvalue weighted by Crippen LogP contribution is -2.14. The van der Waals surface area contributed by atoms with Gasteiger partial charge in [0.15, 0.2) is 0 Å². The van der Waals surface area contributed by atoms with E-state index in [1.807, 2.05) is 25.1 Å². The molecule has 0 fully saturated rings. The van der Waals surface area contributed by atoms with Crippen molar-refractivity contribution >= 4 is 22.4 Å². The van der Waals surface area contributed by atoms with Gasteiger partial charge in [-0.15, -0.1) is 11.3 Å². The molecule has 0 aliphatic carbocycles. The van der Waals surface area contributed by atoms with Crippen molar-refractivity contribution < 1.29 is 0 Å². The second-order valence-corrected chi connectivity index (χ2v) is 5.50. The van der Waals surface area contributed by atoms with Crippen LogP contribution < -0.4 is 5.73 Å². The Hall–Kier alpha value is -1.85. The van der Waals surface area contributed by atoms with Gasteiger partial charge in [-0.25, -0.2) is 4.98 Å². The van der Waals surface area contributed by atoms with Gasteiger partial charge in [-0.05, 0) is 18.6 Å². The second kappa shape index (κ2) is 5.03. The number of nitrogens with zero attached hydrogens (tertiary/aromatic N) is 3. The molecule has 3 rings (SSSR count). The molecular weight excluding hydrogens is 256 g/mol. The minimum Gasteiger partial charge on any atom is -0.324 e. The highest BCUT2D eigenvalue weighted by molar-refractivity contribution is 7.09. The fourth-order valence-electron chi connectivity index (χ4n) is 2.15. The molecule has 2 aromatic heterocycles. The van der Waals surface area contributed by atoms with E-state index < -0.39 is 0 Å². The quantitative estimate of drug-likeness (QED) is 0.794. The van der Waals surface area contributed by atoms with Crippen molar-refractivity contribution in [2.75, 3.05) is 0 Å². The number of aromatic nitrogens is 3. The van der Waals surface area contributed by atoms with E-state index in [0.29, 0.717) is 0 Å². The van der Waals surface area contributed by atoms with Gasteiger partial charge in [-0.3, -0.25) is 9.97 Å². The Bertz CT molecular complexity index is 702. The molecule has 2 N–H and O–H groups in total. The van der Waals surface area contributed by atoms with Crippen LogP contribution in [-0.4, -0.2) is 15.0 Å². The average molecular weight is 270 g/mol. The fraction of sp³-hybridized carbons (Fsp3) is 0.214. The van der Waals surface area contributed by atoms with Crippen molar-refractivity contribution in [2.24, 2.45) is 5.73 Å². The van der Waals surface area contributed by atoms with Gasteiger partial charge >= 0.3 is 0 Å². The van der Waals surface area contributed by atoms with E-state index in [1.165, 1.54) is 0 Å². The summed E-state index contributed by atoms with van der Waals surface area (Å²) in [6.45, 7) is 2.00. The molecule has 1 aromatic carbocycles. The average Bonchev–Trinajstić information content (AvgIpc) is 2.83. The van der Waals surface area contributed by atoms with Crippen molar-refractivity contribution in [3.63, 3.8) is 0 Å². The second-order valence-electron chi connectivity index (χ2n) is 4.44. The Labute approximate surface area is 115 Å². The van der Waals surface area contributed by atoms with Crippen molar-refractivity contribution in [1.82, 2.24) is 15.0 Å². The number of benzene rings is 1. The van der Waals surface area contributed by atoms with Gasteiger partial charge in [-0.2, -0.15) is 0 Å². The summed E-state index contributed by atoms with van der Waals surface area (Å²) in [5.74, 6) is 0. The molecule has 96 valence electrons. The van der Waals surface area contributed by atoms with Crippen LogP contribution in [0.3, 0.4) is 0 Å². The van der Waals surface area contributed by atoms with Crippen molar-refractivity contribution in [2.45, 2.75) is 19.4 Å². The lowest BCUT2D eigenvalue weighted by Gasteiger charge is -2.12. The molecule has 0 aliphatic heterocycles. The third-order valence-electron chi connectivity index (χ3n) is 3.02. The molecule has 5 heteroatoms. The lowest BCUT2D eigenvalue weighted by molar-refractivity contribution is 0.713. The van der Waals surface area contributed by atoms with Crippen LogP contribution in [0, 0.1) is 6.92 Å². The molecule has 1 atom stereocenters. The van der Waals surface area contributed by atoms with E-state index >= 15 is 0 Å². The van der Waals surface area contributed by atoms with Gasteiger partial charge in [0.2, 0.25) is 0 Å². The highest BCUT2D eigenvalue weighted by Gasteiger charge is 2.13. The molecule has 1 unspecified atom stereocenters. The first-order valence-corrected chi connectivity index (χ1v) is 6.98. The molecule has 0 saturated carbocycles. The maximum Gasteiger partial charge on any atom is 0.0934 e. The van der Waals surface area contributed by atoms with E-state index in [1.54, 1.807) is 23.7 Å². The third-order valence-corrected chi connectivity index (χ3v) is 3.85. The van der Waals surface area contributed by atoms with E-state index in [4.69, 9.17) is 5.73 Å². The number of rotatable bonds is 3. The van der Waals surface area contributed by atoms with Crippen LogP contribution in [0.25, 0.3) is 11.0 Å². The summed E-state index contributed by atoms with van der Waals surface area (Å²) in [6.07, 6.45) is 4.12. The standard InChI is InChI=1S/C14H14N4S/c1-9-18-10(8-19-9)7-12(15)11-3-2-4-13-14(11)17-6-5-16-13/h2-6,8,12H,7,15H2,1H3. The maximum absolute atomic E-state index is 6.30. The Morgan fingerprint density at radius 1 is 1.26 bits per heavy atom. The zero-order valence-corrected chi connectivity index (χ0v) is 11.4. The number of nitrogens with two attached hydrogens (primary N) is 1. The van der Waals surface area contributed by atoms with Crippen LogP contribution in [-0.2, 0) is 6.42 Å². The van der Waals surface area contributed by atoms with Gasteiger partial charge in [0, 0.05) is 30.2 Å². The molecule has 0 radical (unpaired) electrons. The molecule has 0 aliphatic rings. The highest BCUT2D eigenvalue weighted by atomic mass is 32.1. The summed E-state index contributed by atoms with van der Waals surface area (Å²) in [5.41, 5.74) is 10.1. The third kappa shape index (κ3) is 2.47. The summed E-state index contributed by atoms with van der Waals surface area (Å²) < 4.78 is 0. The van der Waals surface area contributed by atoms with E-state index in [9.17, 15) is 0 Å². The van der Waals surface area contributed by atoms with Gasteiger partial charge in [0.1, 0.15) is 0 Å². The number of para-hydroxylation sites is 1. The lowest BCUT2D eigenvalue weighted by atomic mass is 10.0. The zero-order chi connectivity index (χ0) is 13.2.